The Morgan fingerprint density at radius 3 is 2.90 bits per heavy atom. The number of aryl methyl sites for hydroxylation is 1. The molecule has 3 rings (SSSR count). The van der Waals surface area contributed by atoms with Gasteiger partial charge in [0.15, 0.2) is 0 Å². The Bertz CT molecular complexity index is 617. The van der Waals surface area contributed by atoms with Crippen molar-refractivity contribution in [2.75, 3.05) is 10.6 Å². The molecule has 2 N–H and O–H groups in total. The van der Waals surface area contributed by atoms with Crippen LogP contribution in [0.15, 0.2) is 24.7 Å². The normalized spacial score (nSPS) is 14.0. The predicted molar refractivity (Wildman–Crippen MR) is 78.6 cm³/mol. The topological polar surface area (TPSA) is 84.7 Å². The number of hydrogen-bond donors (Lipinski definition) is 2. The van der Waals surface area contributed by atoms with Gasteiger partial charge < -0.3 is 10.6 Å². The number of carbonyl (C=O) groups is 1. The lowest BCUT2D eigenvalue weighted by molar-refractivity contribution is -0.117. The Morgan fingerprint density at radius 2 is 2.24 bits per heavy atom. The summed E-state index contributed by atoms with van der Waals surface area (Å²) in [7, 11) is 0. The minimum atomic E-state index is 0.0688. The zero-order valence-electron chi connectivity index (χ0n) is 11.9. The highest BCUT2D eigenvalue weighted by atomic mass is 16.2. The maximum absolute atomic E-state index is 11.6. The molecule has 110 valence electrons. The smallest absolute Gasteiger partial charge is 0.228 e. The Labute approximate surface area is 122 Å². The molecule has 0 unspecified atom stereocenters. The molecule has 21 heavy (non-hydrogen) atoms. The molecule has 1 aliphatic carbocycles. The third-order valence-corrected chi connectivity index (χ3v) is 3.41. The van der Waals surface area contributed by atoms with Crippen molar-refractivity contribution >= 4 is 17.4 Å². The molecular formula is C14H18N6O. The van der Waals surface area contributed by atoms with E-state index in [0.717, 1.165) is 30.9 Å². The highest BCUT2D eigenvalue weighted by Crippen LogP contribution is 2.29. The third kappa shape index (κ3) is 3.36. The molecule has 0 atom stereocenters. The molecule has 0 radical (unpaired) electrons. The van der Waals surface area contributed by atoms with Crippen LogP contribution in [0.3, 0.4) is 0 Å². The first-order chi connectivity index (χ1) is 10.3. The molecule has 0 bridgehead atoms. The monoisotopic (exact) mass is 286 g/mol. The summed E-state index contributed by atoms with van der Waals surface area (Å²) in [6.45, 7) is 3.40. The molecule has 7 nitrogen and oxygen atoms in total. The van der Waals surface area contributed by atoms with Crippen LogP contribution < -0.4 is 10.6 Å². The molecule has 0 spiro atoms. The van der Waals surface area contributed by atoms with Crippen molar-refractivity contribution in [3.63, 3.8) is 0 Å². The van der Waals surface area contributed by atoms with Crippen LogP contribution in [0.1, 0.15) is 25.6 Å². The van der Waals surface area contributed by atoms with Crippen molar-refractivity contribution in [3.05, 3.63) is 30.5 Å². The van der Waals surface area contributed by atoms with Crippen molar-refractivity contribution in [1.82, 2.24) is 19.7 Å². The lowest BCUT2D eigenvalue weighted by atomic mass is 10.3. The second kappa shape index (κ2) is 5.90. The van der Waals surface area contributed by atoms with Crippen molar-refractivity contribution in [1.29, 1.82) is 0 Å². The molecule has 1 saturated carbocycles. The van der Waals surface area contributed by atoms with Crippen molar-refractivity contribution in [2.24, 2.45) is 5.92 Å². The van der Waals surface area contributed by atoms with E-state index >= 15 is 0 Å². The van der Waals surface area contributed by atoms with Gasteiger partial charge in [-0.25, -0.2) is 14.6 Å². The number of hydrogen-bond acceptors (Lipinski definition) is 5. The first-order valence-electron chi connectivity index (χ1n) is 7.13. The highest BCUT2D eigenvalue weighted by molar-refractivity contribution is 5.93. The summed E-state index contributed by atoms with van der Waals surface area (Å²) in [5.74, 6) is 1.72. The van der Waals surface area contributed by atoms with Crippen LogP contribution in [0.5, 0.6) is 0 Å². The Kier molecular flexibility index (Phi) is 3.81. The predicted octanol–water partition coefficient (Wildman–Crippen LogP) is 1.65. The van der Waals surface area contributed by atoms with Gasteiger partial charge in [0, 0.05) is 12.5 Å². The van der Waals surface area contributed by atoms with E-state index in [9.17, 15) is 4.79 Å². The van der Waals surface area contributed by atoms with Gasteiger partial charge >= 0.3 is 0 Å². The molecule has 2 aromatic rings. The van der Waals surface area contributed by atoms with Gasteiger partial charge in [0.25, 0.3) is 0 Å². The van der Waals surface area contributed by atoms with Gasteiger partial charge in [0.05, 0.1) is 18.4 Å². The van der Waals surface area contributed by atoms with Gasteiger partial charge in [0.1, 0.15) is 18.0 Å². The Morgan fingerprint density at radius 1 is 1.38 bits per heavy atom. The number of aromatic nitrogens is 4. The number of carbonyl (C=O) groups excluding carboxylic acids is 1. The van der Waals surface area contributed by atoms with Crippen LogP contribution in [0.2, 0.25) is 0 Å². The first-order valence-corrected chi connectivity index (χ1v) is 7.13. The number of nitrogens with zero attached hydrogens (tertiary/aromatic N) is 4. The summed E-state index contributed by atoms with van der Waals surface area (Å²) in [4.78, 5) is 20.1. The average molecular weight is 286 g/mol. The minimum absolute atomic E-state index is 0.0688. The van der Waals surface area contributed by atoms with E-state index < -0.39 is 0 Å². The fourth-order valence-electron chi connectivity index (χ4n) is 2.02. The summed E-state index contributed by atoms with van der Waals surface area (Å²) >= 11 is 0. The zero-order chi connectivity index (χ0) is 14.7. The largest absolute Gasteiger partial charge is 0.377 e. The Hall–Kier alpha value is -2.44. The molecular weight excluding hydrogens is 268 g/mol. The van der Waals surface area contributed by atoms with Crippen molar-refractivity contribution < 1.29 is 4.79 Å². The number of amides is 1. The SMILES string of the molecule is CCn1ncnc1CNc1ccc(NC(=O)C2CC2)nc1. The minimum Gasteiger partial charge on any atom is -0.377 e. The fraction of sp³-hybridized carbons (Fsp3) is 0.429. The Balaban J connectivity index is 1.55. The van der Waals surface area contributed by atoms with Crippen LogP contribution in [0.4, 0.5) is 11.5 Å². The molecule has 2 aromatic heterocycles. The van der Waals surface area contributed by atoms with Crippen molar-refractivity contribution in [2.45, 2.75) is 32.9 Å². The highest BCUT2D eigenvalue weighted by Gasteiger charge is 2.29. The summed E-state index contributed by atoms with van der Waals surface area (Å²) < 4.78 is 1.84. The second-order valence-corrected chi connectivity index (χ2v) is 5.04. The van der Waals surface area contributed by atoms with Crippen LogP contribution >= 0.6 is 0 Å². The fourth-order valence-corrected chi connectivity index (χ4v) is 2.02. The summed E-state index contributed by atoms with van der Waals surface area (Å²) in [5, 5.41) is 10.2. The number of pyridine rings is 1. The average Bonchev–Trinajstić information content (AvgIpc) is 3.26. The molecule has 0 aromatic carbocycles. The van der Waals surface area contributed by atoms with Crippen LogP contribution in [0, 0.1) is 5.92 Å². The number of nitrogens with one attached hydrogen (secondary N) is 2. The van der Waals surface area contributed by atoms with E-state index in [0.29, 0.717) is 12.4 Å². The van der Waals surface area contributed by atoms with Gasteiger partial charge in [-0.3, -0.25) is 4.79 Å². The van der Waals surface area contributed by atoms with E-state index in [1.54, 1.807) is 18.6 Å². The number of rotatable bonds is 6. The van der Waals surface area contributed by atoms with Gasteiger partial charge in [0.2, 0.25) is 5.91 Å². The maximum Gasteiger partial charge on any atom is 0.228 e. The third-order valence-electron chi connectivity index (χ3n) is 3.41. The quantitative estimate of drug-likeness (QED) is 0.843. The first kappa shape index (κ1) is 13.5. The molecule has 1 fully saturated rings. The molecule has 2 heterocycles. The summed E-state index contributed by atoms with van der Waals surface area (Å²) in [6.07, 6.45) is 5.23. The van der Waals surface area contributed by atoms with E-state index in [-0.39, 0.29) is 11.8 Å². The van der Waals surface area contributed by atoms with Gasteiger partial charge in [-0.15, -0.1) is 0 Å². The van der Waals surface area contributed by atoms with Gasteiger partial charge in [-0.2, -0.15) is 5.10 Å². The summed E-state index contributed by atoms with van der Waals surface area (Å²) in [6, 6.07) is 3.69. The zero-order valence-corrected chi connectivity index (χ0v) is 11.9. The second-order valence-electron chi connectivity index (χ2n) is 5.04. The van der Waals surface area contributed by atoms with Crippen LogP contribution in [0.25, 0.3) is 0 Å². The molecule has 7 heteroatoms. The lowest BCUT2D eigenvalue weighted by Gasteiger charge is -2.08. The maximum atomic E-state index is 11.6. The van der Waals surface area contributed by atoms with Crippen molar-refractivity contribution in [3.8, 4) is 0 Å². The standard InChI is InChI=1S/C14H18N6O/c1-2-20-13(17-9-18-20)8-15-11-5-6-12(16-7-11)19-14(21)10-3-4-10/h5-7,9-10,15H,2-4,8H2,1H3,(H,16,19,21). The molecule has 0 aliphatic heterocycles. The molecule has 1 amide bonds. The van der Waals surface area contributed by atoms with E-state index in [1.807, 2.05) is 17.7 Å². The van der Waals surface area contributed by atoms with E-state index in [1.165, 1.54) is 0 Å². The van der Waals surface area contributed by atoms with Crippen LogP contribution in [-0.2, 0) is 17.9 Å². The molecule has 0 saturated heterocycles. The lowest BCUT2D eigenvalue weighted by Crippen LogP contribution is -2.14. The number of anilines is 2. The summed E-state index contributed by atoms with van der Waals surface area (Å²) in [5.41, 5.74) is 0.880. The van der Waals surface area contributed by atoms with Crippen LogP contribution in [-0.4, -0.2) is 25.7 Å². The van der Waals surface area contributed by atoms with Gasteiger partial charge in [-0.1, -0.05) is 0 Å². The molecule has 1 aliphatic rings. The van der Waals surface area contributed by atoms with E-state index in [2.05, 4.69) is 25.7 Å². The van der Waals surface area contributed by atoms with Gasteiger partial charge in [-0.05, 0) is 31.9 Å². The van der Waals surface area contributed by atoms with E-state index in [4.69, 9.17) is 0 Å².